The molecule has 2 aliphatic rings. The zero-order chi connectivity index (χ0) is 17.2. The summed E-state index contributed by atoms with van der Waals surface area (Å²) in [5, 5.41) is 0. The first-order valence-corrected chi connectivity index (χ1v) is 8.19. The fraction of sp³-hybridized carbons (Fsp3) is 0.471. The second kappa shape index (κ2) is 6.51. The average Bonchev–Trinajstić information content (AvgIpc) is 2.56. The number of methoxy groups -OCH3 is 1. The zero-order valence-corrected chi connectivity index (χ0v) is 13.9. The summed E-state index contributed by atoms with van der Waals surface area (Å²) in [6, 6.07) is 7.68. The van der Waals surface area contributed by atoms with E-state index in [1.54, 1.807) is 0 Å². The summed E-state index contributed by atoms with van der Waals surface area (Å²) in [5.74, 6) is 0.348. The van der Waals surface area contributed by atoms with Crippen molar-refractivity contribution in [3.8, 4) is 0 Å². The Morgan fingerprint density at radius 3 is 2.50 bits per heavy atom. The second-order valence-electron chi connectivity index (χ2n) is 6.24. The van der Waals surface area contributed by atoms with Crippen molar-refractivity contribution in [2.24, 2.45) is 21.5 Å². The van der Waals surface area contributed by atoms with Gasteiger partial charge in [-0.05, 0) is 43.4 Å². The third-order valence-electron chi connectivity index (χ3n) is 4.62. The van der Waals surface area contributed by atoms with E-state index >= 15 is 0 Å². The number of benzene rings is 1. The average molecular weight is 329 g/mol. The Balaban J connectivity index is 1.91. The van der Waals surface area contributed by atoms with Crippen molar-refractivity contribution in [3.63, 3.8) is 0 Å². The van der Waals surface area contributed by atoms with Gasteiger partial charge in [-0.1, -0.05) is 18.6 Å². The lowest BCUT2D eigenvalue weighted by Crippen LogP contribution is -2.58. The first-order chi connectivity index (χ1) is 11.5. The molecule has 0 radical (unpaired) electrons. The lowest BCUT2D eigenvalue weighted by Gasteiger charge is -2.45. The Morgan fingerprint density at radius 1 is 1.21 bits per heavy atom. The van der Waals surface area contributed by atoms with Gasteiger partial charge < -0.3 is 16.2 Å². The van der Waals surface area contributed by atoms with Crippen molar-refractivity contribution in [1.29, 1.82) is 0 Å². The maximum absolute atomic E-state index is 11.4. The fourth-order valence-electron chi connectivity index (χ4n) is 3.50. The van der Waals surface area contributed by atoms with E-state index in [2.05, 4.69) is 9.98 Å². The summed E-state index contributed by atoms with van der Waals surface area (Å²) in [6.07, 6.45) is 5.40. The summed E-state index contributed by atoms with van der Waals surface area (Å²) in [5.41, 5.74) is 13.4. The molecular weight excluding hydrogens is 306 g/mol. The molecule has 4 N–H and O–H groups in total. The number of nitrogens with zero attached hydrogens (tertiary/aromatic N) is 3. The van der Waals surface area contributed by atoms with Crippen molar-refractivity contribution in [2.45, 2.75) is 44.2 Å². The maximum Gasteiger partial charge on any atom is 0.309 e. The normalized spacial score (nSPS) is 19.6. The molecule has 7 heteroatoms. The van der Waals surface area contributed by atoms with Crippen molar-refractivity contribution >= 4 is 23.6 Å². The third-order valence-corrected chi connectivity index (χ3v) is 4.62. The van der Waals surface area contributed by atoms with Gasteiger partial charge in [-0.3, -0.25) is 9.69 Å². The van der Waals surface area contributed by atoms with Gasteiger partial charge in [0.1, 0.15) is 5.66 Å². The number of hydrogen-bond donors (Lipinski definition) is 2. The summed E-state index contributed by atoms with van der Waals surface area (Å²) < 4.78 is 4.70. The number of esters is 1. The SMILES string of the molecule is COC(=O)Cc1ccc(N2C(N)=NC(N)=NC23CCCCC3)cc1. The van der Waals surface area contributed by atoms with Crippen LogP contribution in [0.5, 0.6) is 0 Å². The van der Waals surface area contributed by atoms with Crippen molar-refractivity contribution < 1.29 is 9.53 Å². The number of ether oxygens (including phenoxy) is 1. The molecule has 0 unspecified atom stereocenters. The van der Waals surface area contributed by atoms with Crippen LogP contribution in [0, 0.1) is 0 Å². The summed E-state index contributed by atoms with van der Waals surface area (Å²) in [6.45, 7) is 0. The lowest BCUT2D eigenvalue weighted by molar-refractivity contribution is -0.139. The van der Waals surface area contributed by atoms with Gasteiger partial charge in [0.15, 0.2) is 0 Å². The Bertz CT molecular complexity index is 675. The van der Waals surface area contributed by atoms with Crippen LogP contribution in [0.2, 0.25) is 0 Å². The number of guanidine groups is 2. The van der Waals surface area contributed by atoms with E-state index in [1.807, 2.05) is 29.2 Å². The fourth-order valence-corrected chi connectivity index (χ4v) is 3.50. The smallest absolute Gasteiger partial charge is 0.309 e. The minimum atomic E-state index is -0.446. The molecular formula is C17H23N5O2. The minimum Gasteiger partial charge on any atom is -0.469 e. The van der Waals surface area contributed by atoms with Crippen LogP contribution in [0.1, 0.15) is 37.7 Å². The van der Waals surface area contributed by atoms with Crippen LogP contribution in [-0.4, -0.2) is 30.7 Å². The number of aliphatic imine (C=N–C) groups is 2. The van der Waals surface area contributed by atoms with Gasteiger partial charge in [-0.25, -0.2) is 4.99 Å². The largest absolute Gasteiger partial charge is 0.469 e. The van der Waals surface area contributed by atoms with Crippen LogP contribution in [0.25, 0.3) is 0 Å². The van der Waals surface area contributed by atoms with Gasteiger partial charge in [0, 0.05) is 5.69 Å². The molecule has 24 heavy (non-hydrogen) atoms. The van der Waals surface area contributed by atoms with Gasteiger partial charge in [0.25, 0.3) is 0 Å². The van der Waals surface area contributed by atoms with E-state index < -0.39 is 5.66 Å². The zero-order valence-electron chi connectivity index (χ0n) is 13.9. The highest BCUT2D eigenvalue weighted by atomic mass is 16.5. The van der Waals surface area contributed by atoms with E-state index in [0.29, 0.717) is 5.96 Å². The van der Waals surface area contributed by atoms with Gasteiger partial charge in [-0.2, -0.15) is 4.99 Å². The molecule has 0 bridgehead atoms. The molecule has 1 fully saturated rings. The molecule has 1 aromatic rings. The molecule has 0 amide bonds. The molecule has 128 valence electrons. The van der Waals surface area contributed by atoms with Gasteiger partial charge in [-0.15, -0.1) is 0 Å². The van der Waals surface area contributed by atoms with Crippen LogP contribution >= 0.6 is 0 Å². The molecule has 1 heterocycles. The molecule has 1 aliphatic carbocycles. The number of carbonyl (C=O) groups excluding carboxylic acids is 1. The molecule has 0 saturated heterocycles. The maximum atomic E-state index is 11.4. The first-order valence-electron chi connectivity index (χ1n) is 8.19. The van der Waals surface area contributed by atoms with E-state index in [-0.39, 0.29) is 18.3 Å². The van der Waals surface area contributed by atoms with Crippen molar-refractivity contribution in [3.05, 3.63) is 29.8 Å². The van der Waals surface area contributed by atoms with E-state index in [4.69, 9.17) is 16.2 Å². The molecule has 0 atom stereocenters. The van der Waals surface area contributed by atoms with Crippen LogP contribution < -0.4 is 16.4 Å². The van der Waals surface area contributed by atoms with Crippen LogP contribution in [0.4, 0.5) is 5.69 Å². The van der Waals surface area contributed by atoms with Crippen molar-refractivity contribution in [2.75, 3.05) is 12.0 Å². The summed E-state index contributed by atoms with van der Waals surface area (Å²) in [4.78, 5) is 22.2. The predicted molar refractivity (Wildman–Crippen MR) is 93.7 cm³/mol. The molecule has 7 nitrogen and oxygen atoms in total. The molecule has 1 spiro atoms. The van der Waals surface area contributed by atoms with Gasteiger partial charge in [0.05, 0.1) is 13.5 Å². The van der Waals surface area contributed by atoms with E-state index in [0.717, 1.165) is 36.9 Å². The quantitative estimate of drug-likeness (QED) is 0.818. The van der Waals surface area contributed by atoms with Crippen LogP contribution in [-0.2, 0) is 16.0 Å². The lowest BCUT2D eigenvalue weighted by atomic mass is 9.87. The molecule has 1 aliphatic heterocycles. The Morgan fingerprint density at radius 2 is 1.88 bits per heavy atom. The van der Waals surface area contributed by atoms with E-state index in [1.165, 1.54) is 13.5 Å². The topological polar surface area (TPSA) is 106 Å². The highest BCUT2D eigenvalue weighted by Gasteiger charge is 2.42. The highest BCUT2D eigenvalue weighted by Crippen LogP contribution is 2.39. The summed E-state index contributed by atoms with van der Waals surface area (Å²) >= 11 is 0. The van der Waals surface area contributed by atoms with E-state index in [9.17, 15) is 4.79 Å². The molecule has 1 aromatic carbocycles. The molecule has 1 saturated carbocycles. The molecule has 3 rings (SSSR count). The predicted octanol–water partition coefficient (Wildman–Crippen LogP) is 1.51. The number of nitrogens with two attached hydrogens (primary N) is 2. The number of rotatable bonds is 3. The Kier molecular flexibility index (Phi) is 4.42. The number of anilines is 1. The number of carbonyl (C=O) groups is 1. The second-order valence-corrected chi connectivity index (χ2v) is 6.24. The Labute approximate surface area is 141 Å². The summed E-state index contributed by atoms with van der Waals surface area (Å²) in [7, 11) is 1.39. The monoisotopic (exact) mass is 329 g/mol. The van der Waals surface area contributed by atoms with Gasteiger partial charge in [0.2, 0.25) is 11.9 Å². The first kappa shape index (κ1) is 16.3. The molecule has 0 aromatic heterocycles. The number of hydrogen-bond acceptors (Lipinski definition) is 7. The highest BCUT2D eigenvalue weighted by molar-refractivity contribution is 6.05. The van der Waals surface area contributed by atoms with Crippen LogP contribution in [0.15, 0.2) is 34.3 Å². The van der Waals surface area contributed by atoms with Crippen LogP contribution in [0.3, 0.4) is 0 Å². The van der Waals surface area contributed by atoms with Crippen molar-refractivity contribution in [1.82, 2.24) is 0 Å². The minimum absolute atomic E-state index is 0.243. The third kappa shape index (κ3) is 3.06. The standard InChI is InChI=1S/C17H23N5O2/c1-24-14(23)11-12-5-7-13(8-6-12)22-16(19)20-15(18)21-17(22)9-3-2-4-10-17/h5-8H,2-4,9-11H2,1H3,(H4,18,19,20,21). The Hall–Kier alpha value is -2.57. The van der Waals surface area contributed by atoms with Gasteiger partial charge >= 0.3 is 5.97 Å².